The zero-order valence-electron chi connectivity index (χ0n) is 14.7. The van der Waals surface area contributed by atoms with Crippen molar-refractivity contribution in [1.82, 2.24) is 24.6 Å². The summed E-state index contributed by atoms with van der Waals surface area (Å²) in [5.74, 6) is 2.79. The molecule has 3 heterocycles. The molecule has 0 aliphatic carbocycles. The molecule has 0 bridgehead atoms. The van der Waals surface area contributed by atoms with Gasteiger partial charge in [-0.25, -0.2) is 4.98 Å². The fraction of sp³-hybridized carbons (Fsp3) is 0.647. The van der Waals surface area contributed by atoms with E-state index in [1.54, 1.807) is 0 Å². The maximum absolute atomic E-state index is 12.5. The summed E-state index contributed by atoms with van der Waals surface area (Å²) in [6.07, 6.45) is 5.80. The molecule has 1 amide bonds. The zero-order chi connectivity index (χ0) is 17.1. The Balaban J connectivity index is 1.57. The first kappa shape index (κ1) is 16.7. The average molecular weight is 331 g/mol. The molecule has 0 N–H and O–H groups in total. The molecule has 1 saturated heterocycles. The van der Waals surface area contributed by atoms with Gasteiger partial charge in [-0.2, -0.15) is 4.98 Å². The highest BCUT2D eigenvalue weighted by atomic mass is 16.5. The maximum atomic E-state index is 12.5. The molecule has 0 spiro atoms. The molecule has 130 valence electrons. The Labute approximate surface area is 142 Å². The van der Waals surface area contributed by atoms with Crippen LogP contribution < -0.4 is 0 Å². The topological polar surface area (TPSA) is 77.0 Å². The Kier molecular flexibility index (Phi) is 4.97. The van der Waals surface area contributed by atoms with E-state index in [4.69, 9.17) is 4.52 Å². The lowest BCUT2D eigenvalue weighted by atomic mass is 9.96. The van der Waals surface area contributed by atoms with Gasteiger partial charge in [0.05, 0.1) is 5.69 Å². The number of imidazole rings is 1. The number of rotatable bonds is 5. The van der Waals surface area contributed by atoms with Crippen molar-refractivity contribution in [3.63, 3.8) is 0 Å². The number of hydrogen-bond acceptors (Lipinski definition) is 5. The van der Waals surface area contributed by atoms with Crippen molar-refractivity contribution < 1.29 is 9.32 Å². The molecule has 7 heteroatoms. The normalized spacial score (nSPS) is 18.1. The molecular weight excluding hydrogens is 306 g/mol. The third-order valence-electron chi connectivity index (χ3n) is 4.55. The van der Waals surface area contributed by atoms with E-state index in [0.29, 0.717) is 30.5 Å². The highest BCUT2D eigenvalue weighted by Crippen LogP contribution is 2.26. The Bertz CT molecular complexity index is 706. The van der Waals surface area contributed by atoms with E-state index in [0.717, 1.165) is 43.9 Å². The van der Waals surface area contributed by atoms with E-state index in [1.807, 2.05) is 32.0 Å². The second-order valence-corrected chi connectivity index (χ2v) is 6.49. The van der Waals surface area contributed by atoms with Crippen molar-refractivity contribution in [1.29, 1.82) is 0 Å². The number of likely N-dealkylation sites (tertiary alicyclic amines) is 1. The molecular formula is C17H25N5O2. The first-order valence-electron chi connectivity index (χ1n) is 8.66. The molecule has 2 aromatic rings. The summed E-state index contributed by atoms with van der Waals surface area (Å²) in [4.78, 5) is 23.4. The summed E-state index contributed by atoms with van der Waals surface area (Å²) in [6.45, 7) is 5.55. The summed E-state index contributed by atoms with van der Waals surface area (Å²) in [5.41, 5.74) is 1.03. The number of amides is 1. The summed E-state index contributed by atoms with van der Waals surface area (Å²) in [7, 11) is 2.02. The summed E-state index contributed by atoms with van der Waals surface area (Å²) in [5, 5.41) is 3.87. The van der Waals surface area contributed by atoms with Gasteiger partial charge in [-0.3, -0.25) is 4.79 Å². The first-order chi connectivity index (χ1) is 11.6. The lowest BCUT2D eigenvalue weighted by molar-refractivity contribution is -0.132. The predicted molar refractivity (Wildman–Crippen MR) is 88.5 cm³/mol. The molecule has 1 aliphatic heterocycles. The van der Waals surface area contributed by atoms with Crippen LogP contribution in [0.2, 0.25) is 0 Å². The van der Waals surface area contributed by atoms with Crippen molar-refractivity contribution in [2.45, 2.75) is 51.9 Å². The monoisotopic (exact) mass is 331 g/mol. The van der Waals surface area contributed by atoms with Gasteiger partial charge in [0.2, 0.25) is 11.8 Å². The van der Waals surface area contributed by atoms with Crippen LogP contribution in [0, 0.1) is 6.92 Å². The van der Waals surface area contributed by atoms with E-state index in [-0.39, 0.29) is 5.91 Å². The molecule has 0 aromatic carbocycles. The predicted octanol–water partition coefficient (Wildman–Crippen LogP) is 2.01. The standard InChI is InChI=1S/C17H25N5O2/c1-4-14-19-15(24-20-14)7-8-16(23)22-9-5-6-13(11-22)17-18-12(2)10-21(17)3/h10,13H,4-9,11H2,1-3H3/t13-/m0/s1. The van der Waals surface area contributed by atoms with Gasteiger partial charge in [0.1, 0.15) is 5.82 Å². The molecule has 0 saturated carbocycles. The molecule has 7 nitrogen and oxygen atoms in total. The molecule has 1 aliphatic rings. The quantitative estimate of drug-likeness (QED) is 0.837. The number of aromatic nitrogens is 4. The first-order valence-corrected chi connectivity index (χ1v) is 8.66. The maximum Gasteiger partial charge on any atom is 0.227 e. The lowest BCUT2D eigenvalue weighted by Crippen LogP contribution is -2.39. The average Bonchev–Trinajstić information content (AvgIpc) is 3.18. The number of piperidine rings is 1. The Morgan fingerprint density at radius 3 is 2.92 bits per heavy atom. The largest absolute Gasteiger partial charge is 0.342 e. The lowest BCUT2D eigenvalue weighted by Gasteiger charge is -2.32. The molecule has 3 rings (SSSR count). The van der Waals surface area contributed by atoms with E-state index in [2.05, 4.69) is 19.7 Å². The van der Waals surface area contributed by atoms with Gasteiger partial charge < -0.3 is 14.0 Å². The number of aryl methyl sites for hydroxylation is 4. The van der Waals surface area contributed by atoms with Gasteiger partial charge in [-0.15, -0.1) is 0 Å². The van der Waals surface area contributed by atoms with Crippen LogP contribution >= 0.6 is 0 Å². The molecule has 1 fully saturated rings. The van der Waals surface area contributed by atoms with Gasteiger partial charge in [0.15, 0.2) is 5.82 Å². The van der Waals surface area contributed by atoms with E-state index >= 15 is 0 Å². The Hall–Kier alpha value is -2.18. The van der Waals surface area contributed by atoms with E-state index in [9.17, 15) is 4.79 Å². The number of carbonyl (C=O) groups is 1. The minimum Gasteiger partial charge on any atom is -0.342 e. The second kappa shape index (κ2) is 7.15. The van der Waals surface area contributed by atoms with Crippen molar-refractivity contribution in [2.75, 3.05) is 13.1 Å². The highest BCUT2D eigenvalue weighted by molar-refractivity contribution is 5.76. The molecule has 24 heavy (non-hydrogen) atoms. The zero-order valence-corrected chi connectivity index (χ0v) is 14.7. The SMILES string of the molecule is CCc1noc(CCC(=O)N2CCC[C@H](c3nc(C)cn3C)C2)n1. The minimum absolute atomic E-state index is 0.155. The highest BCUT2D eigenvalue weighted by Gasteiger charge is 2.27. The van der Waals surface area contributed by atoms with E-state index in [1.165, 1.54) is 0 Å². The van der Waals surface area contributed by atoms with Crippen LogP contribution in [0.1, 0.15) is 55.3 Å². The minimum atomic E-state index is 0.155. The number of hydrogen-bond donors (Lipinski definition) is 0. The van der Waals surface area contributed by atoms with Crippen LogP contribution in [0.4, 0.5) is 0 Å². The van der Waals surface area contributed by atoms with Crippen LogP contribution in [0.15, 0.2) is 10.7 Å². The van der Waals surface area contributed by atoms with Crippen molar-refractivity contribution in [3.8, 4) is 0 Å². The van der Waals surface area contributed by atoms with Crippen molar-refractivity contribution in [3.05, 3.63) is 29.4 Å². The third kappa shape index (κ3) is 3.66. The summed E-state index contributed by atoms with van der Waals surface area (Å²) in [6, 6.07) is 0. The van der Waals surface area contributed by atoms with E-state index < -0.39 is 0 Å². The molecule has 2 aromatic heterocycles. The number of nitrogens with zero attached hydrogens (tertiary/aromatic N) is 5. The number of carbonyl (C=O) groups excluding carboxylic acids is 1. The Morgan fingerprint density at radius 1 is 1.42 bits per heavy atom. The van der Waals surface area contributed by atoms with Crippen molar-refractivity contribution in [2.24, 2.45) is 7.05 Å². The summed E-state index contributed by atoms with van der Waals surface area (Å²) >= 11 is 0. The van der Waals surface area contributed by atoms with Crippen LogP contribution in [-0.2, 0) is 24.7 Å². The molecule has 0 radical (unpaired) electrons. The third-order valence-corrected chi connectivity index (χ3v) is 4.55. The van der Waals surface area contributed by atoms with Crippen LogP contribution in [0.5, 0.6) is 0 Å². The van der Waals surface area contributed by atoms with Crippen molar-refractivity contribution >= 4 is 5.91 Å². The van der Waals surface area contributed by atoms with Crippen LogP contribution in [-0.4, -0.2) is 43.6 Å². The Morgan fingerprint density at radius 2 is 2.25 bits per heavy atom. The van der Waals surface area contributed by atoms with Crippen LogP contribution in [0.3, 0.4) is 0 Å². The fourth-order valence-corrected chi connectivity index (χ4v) is 3.34. The van der Waals surface area contributed by atoms with Gasteiger partial charge in [-0.05, 0) is 19.8 Å². The van der Waals surface area contributed by atoms with Gasteiger partial charge in [-0.1, -0.05) is 12.1 Å². The van der Waals surface area contributed by atoms with Gasteiger partial charge >= 0.3 is 0 Å². The second-order valence-electron chi connectivity index (χ2n) is 6.49. The van der Waals surface area contributed by atoms with Crippen LogP contribution in [0.25, 0.3) is 0 Å². The van der Waals surface area contributed by atoms with Gasteiger partial charge in [0.25, 0.3) is 0 Å². The molecule has 0 unspecified atom stereocenters. The van der Waals surface area contributed by atoms with Gasteiger partial charge in [0, 0.05) is 51.5 Å². The fourth-order valence-electron chi connectivity index (χ4n) is 3.34. The summed E-state index contributed by atoms with van der Waals surface area (Å²) < 4.78 is 7.24. The molecule has 1 atom stereocenters. The smallest absolute Gasteiger partial charge is 0.227 e.